The van der Waals surface area contributed by atoms with Crippen molar-refractivity contribution in [2.24, 2.45) is 0 Å². The first-order valence-corrected chi connectivity index (χ1v) is 12.4. The third-order valence-corrected chi connectivity index (χ3v) is 7.60. The normalized spacial score (nSPS) is 27.4. The van der Waals surface area contributed by atoms with Gasteiger partial charge in [0.1, 0.15) is 9.84 Å². The van der Waals surface area contributed by atoms with Gasteiger partial charge in [-0.2, -0.15) is 5.10 Å². The van der Waals surface area contributed by atoms with Crippen LogP contribution in [0.25, 0.3) is 0 Å². The van der Waals surface area contributed by atoms with Gasteiger partial charge in [-0.25, -0.2) is 8.42 Å². The molecule has 29 heavy (non-hydrogen) atoms. The molecule has 2 heterocycles. The number of sulfone groups is 1. The number of likely N-dealkylation sites (tertiary alicyclic amines) is 1. The fourth-order valence-corrected chi connectivity index (χ4v) is 5.67. The summed E-state index contributed by atoms with van der Waals surface area (Å²) in [6.07, 6.45) is 7.63. The molecule has 1 spiro atoms. The van der Waals surface area contributed by atoms with E-state index < -0.39 is 9.84 Å². The monoisotopic (exact) mass is 417 g/mol. The minimum absolute atomic E-state index is 0.0797. The molecule has 3 atom stereocenters. The number of aryl methyl sites for hydroxylation is 2. The molecule has 1 fully saturated rings. The van der Waals surface area contributed by atoms with Crippen molar-refractivity contribution in [3.63, 3.8) is 0 Å². The molecule has 2 aliphatic rings. The van der Waals surface area contributed by atoms with Crippen LogP contribution in [0.15, 0.2) is 30.6 Å². The quantitative estimate of drug-likeness (QED) is 0.809. The van der Waals surface area contributed by atoms with Gasteiger partial charge in [0.2, 0.25) is 0 Å². The Morgan fingerprint density at radius 2 is 2.10 bits per heavy atom. The summed E-state index contributed by atoms with van der Waals surface area (Å²) in [5, 5.41) is 14.9. The van der Waals surface area contributed by atoms with Crippen LogP contribution in [0.4, 0.5) is 0 Å². The molecule has 0 radical (unpaired) electrons. The molecule has 1 aromatic carbocycles. The lowest BCUT2D eigenvalue weighted by Crippen LogP contribution is -2.46. The molecule has 1 aromatic heterocycles. The van der Waals surface area contributed by atoms with E-state index in [1.165, 1.54) is 17.4 Å². The predicted octanol–water partition coefficient (Wildman–Crippen LogP) is 2.60. The van der Waals surface area contributed by atoms with Gasteiger partial charge >= 0.3 is 0 Å². The van der Waals surface area contributed by atoms with Crippen LogP contribution < -0.4 is 0 Å². The van der Waals surface area contributed by atoms with Crippen molar-refractivity contribution < 1.29 is 13.5 Å². The van der Waals surface area contributed by atoms with Crippen LogP contribution in [0.3, 0.4) is 0 Å². The van der Waals surface area contributed by atoms with E-state index >= 15 is 0 Å². The van der Waals surface area contributed by atoms with Gasteiger partial charge < -0.3 is 5.11 Å². The van der Waals surface area contributed by atoms with E-state index in [2.05, 4.69) is 42.0 Å². The molecule has 1 saturated heterocycles. The third kappa shape index (κ3) is 4.27. The summed E-state index contributed by atoms with van der Waals surface area (Å²) in [7, 11) is -2.99. The molecule has 6 nitrogen and oxygen atoms in total. The molecule has 158 valence electrons. The average molecular weight is 418 g/mol. The lowest BCUT2D eigenvalue weighted by atomic mass is 9.71. The summed E-state index contributed by atoms with van der Waals surface area (Å²) < 4.78 is 24.4. The van der Waals surface area contributed by atoms with E-state index in [9.17, 15) is 13.5 Å². The van der Waals surface area contributed by atoms with Gasteiger partial charge in [-0.05, 0) is 50.8 Å². The number of aliphatic hydroxyl groups excluding tert-OH is 1. The van der Waals surface area contributed by atoms with E-state index in [1.54, 1.807) is 4.68 Å². The maximum absolute atomic E-state index is 11.4. The number of hydrogen-bond donors (Lipinski definition) is 1. The molecule has 2 unspecified atom stereocenters. The Morgan fingerprint density at radius 1 is 1.31 bits per heavy atom. The van der Waals surface area contributed by atoms with E-state index in [4.69, 9.17) is 0 Å². The summed E-state index contributed by atoms with van der Waals surface area (Å²) in [6.45, 7) is 6.59. The molecule has 4 rings (SSSR count). The van der Waals surface area contributed by atoms with E-state index in [0.29, 0.717) is 12.6 Å². The van der Waals surface area contributed by atoms with Crippen LogP contribution >= 0.6 is 0 Å². The second-order valence-electron chi connectivity index (χ2n) is 9.11. The van der Waals surface area contributed by atoms with Gasteiger partial charge in [0.15, 0.2) is 0 Å². The first kappa shape index (κ1) is 20.6. The summed E-state index contributed by atoms with van der Waals surface area (Å²) >= 11 is 0. The minimum atomic E-state index is -2.99. The van der Waals surface area contributed by atoms with E-state index in [1.807, 2.05) is 12.4 Å². The fraction of sp³-hybridized carbons (Fsp3) is 0.591. The highest BCUT2D eigenvalue weighted by molar-refractivity contribution is 7.90. The van der Waals surface area contributed by atoms with Gasteiger partial charge in [-0.1, -0.05) is 23.8 Å². The van der Waals surface area contributed by atoms with E-state index in [-0.39, 0.29) is 17.3 Å². The fourth-order valence-electron chi connectivity index (χ4n) is 5.15. The SMILES string of the molecule is Cc1ccc2c(c1)C1(CCN(Cc3cnn(CCS(C)(=O)=O)c3)[C@@H](C)C1)CC2O. The zero-order valence-corrected chi connectivity index (χ0v) is 18.3. The average Bonchev–Trinajstić information content (AvgIpc) is 3.18. The highest BCUT2D eigenvalue weighted by Crippen LogP contribution is 2.52. The van der Waals surface area contributed by atoms with Crippen molar-refractivity contribution in [2.45, 2.75) is 63.8 Å². The smallest absolute Gasteiger partial charge is 0.149 e. The first-order chi connectivity index (χ1) is 13.7. The van der Waals surface area contributed by atoms with Crippen LogP contribution in [-0.4, -0.2) is 52.8 Å². The molecular weight excluding hydrogens is 386 g/mol. The highest BCUT2D eigenvalue weighted by Gasteiger charge is 2.46. The maximum Gasteiger partial charge on any atom is 0.149 e. The van der Waals surface area contributed by atoms with Crippen LogP contribution in [0, 0.1) is 6.92 Å². The van der Waals surface area contributed by atoms with Crippen molar-refractivity contribution >= 4 is 9.84 Å². The van der Waals surface area contributed by atoms with Gasteiger partial charge in [0.25, 0.3) is 0 Å². The highest BCUT2D eigenvalue weighted by atomic mass is 32.2. The summed E-state index contributed by atoms with van der Waals surface area (Å²) in [6, 6.07) is 6.88. The van der Waals surface area contributed by atoms with Crippen LogP contribution in [0.1, 0.15) is 54.5 Å². The Morgan fingerprint density at radius 3 is 2.83 bits per heavy atom. The number of fused-ring (bicyclic) bond motifs is 2. The van der Waals surface area contributed by atoms with Gasteiger partial charge in [-0.15, -0.1) is 0 Å². The zero-order chi connectivity index (χ0) is 20.8. The minimum Gasteiger partial charge on any atom is -0.388 e. The molecule has 1 aliphatic carbocycles. The lowest BCUT2D eigenvalue weighted by Gasteiger charge is -2.44. The molecule has 0 bridgehead atoms. The lowest BCUT2D eigenvalue weighted by molar-refractivity contribution is 0.0711. The number of aliphatic hydroxyl groups is 1. The molecule has 2 aromatic rings. The largest absolute Gasteiger partial charge is 0.388 e. The zero-order valence-electron chi connectivity index (χ0n) is 17.5. The molecule has 7 heteroatoms. The first-order valence-electron chi connectivity index (χ1n) is 10.4. The van der Waals surface area contributed by atoms with Crippen molar-refractivity contribution in [3.8, 4) is 0 Å². The second kappa shape index (κ2) is 7.52. The number of aromatic nitrogens is 2. The van der Waals surface area contributed by atoms with Crippen molar-refractivity contribution in [1.82, 2.24) is 14.7 Å². The van der Waals surface area contributed by atoms with Gasteiger partial charge in [0.05, 0.1) is 24.6 Å². The molecule has 0 amide bonds. The summed E-state index contributed by atoms with van der Waals surface area (Å²) in [5.74, 6) is 0.109. The van der Waals surface area contributed by atoms with Gasteiger partial charge in [-0.3, -0.25) is 9.58 Å². The van der Waals surface area contributed by atoms with Crippen molar-refractivity contribution in [1.29, 1.82) is 0 Å². The number of piperidine rings is 1. The molecule has 1 aliphatic heterocycles. The second-order valence-corrected chi connectivity index (χ2v) is 11.4. The number of benzene rings is 1. The van der Waals surface area contributed by atoms with Crippen molar-refractivity contribution in [3.05, 3.63) is 52.8 Å². The Kier molecular flexibility index (Phi) is 5.34. The van der Waals surface area contributed by atoms with Crippen molar-refractivity contribution in [2.75, 3.05) is 18.6 Å². The Bertz CT molecular complexity index is 1000. The topological polar surface area (TPSA) is 75.4 Å². The molecular formula is C22H31N3O3S. The van der Waals surface area contributed by atoms with Crippen LogP contribution in [0.5, 0.6) is 0 Å². The third-order valence-electron chi connectivity index (χ3n) is 6.67. The van der Waals surface area contributed by atoms with Crippen LogP contribution in [-0.2, 0) is 28.3 Å². The summed E-state index contributed by atoms with van der Waals surface area (Å²) in [5.41, 5.74) is 4.92. The number of nitrogens with zero attached hydrogens (tertiary/aromatic N) is 3. The number of rotatable bonds is 5. The standard InChI is InChI=1S/C22H31N3O3S/c1-16-4-5-19-20(10-16)22(12-21(19)26)6-7-24(17(2)11-22)14-18-13-23-25(15-18)8-9-29(3,27)28/h4-5,10,13,15,17,21,26H,6-9,11-12,14H2,1-3H3/t17-,21?,22?/m0/s1. The Labute approximate surface area is 173 Å². The van der Waals surface area contributed by atoms with Crippen LogP contribution in [0.2, 0.25) is 0 Å². The Hall–Kier alpha value is -1.70. The predicted molar refractivity (Wildman–Crippen MR) is 113 cm³/mol. The number of hydrogen-bond acceptors (Lipinski definition) is 5. The Balaban J connectivity index is 1.43. The van der Waals surface area contributed by atoms with E-state index in [0.717, 1.165) is 43.5 Å². The summed E-state index contributed by atoms with van der Waals surface area (Å²) in [4.78, 5) is 2.48. The van der Waals surface area contributed by atoms with Gasteiger partial charge in [0, 0.05) is 36.0 Å². The molecule has 1 N–H and O–H groups in total. The molecule has 0 saturated carbocycles. The maximum atomic E-state index is 11.4.